The fourth-order valence-corrected chi connectivity index (χ4v) is 5.00. The van der Waals surface area contributed by atoms with Crippen molar-refractivity contribution in [3.63, 3.8) is 0 Å². The van der Waals surface area contributed by atoms with Crippen LogP contribution in [0.15, 0.2) is 30.3 Å². The van der Waals surface area contributed by atoms with Crippen LogP contribution in [-0.4, -0.2) is 45.4 Å². The first kappa shape index (κ1) is 20.8. The van der Waals surface area contributed by atoms with Crippen LogP contribution in [0.2, 0.25) is 0 Å². The van der Waals surface area contributed by atoms with E-state index in [1.807, 2.05) is 4.83 Å². The topological polar surface area (TPSA) is 113 Å². The number of hydrogen-bond donors (Lipinski definition) is 2. The molecule has 2 N–H and O–H groups in total. The molecule has 1 amide bonds. The monoisotopic (exact) mass is 403 g/mol. The van der Waals surface area contributed by atoms with Crippen molar-refractivity contribution in [2.45, 2.75) is 44.4 Å². The molecule has 0 aromatic heterocycles. The summed E-state index contributed by atoms with van der Waals surface area (Å²) in [5.41, 5.74) is 2.80. The van der Waals surface area contributed by atoms with Gasteiger partial charge in [0.1, 0.15) is 6.04 Å². The predicted molar refractivity (Wildman–Crippen MR) is 98.8 cm³/mol. The molecular formula is C16H25N3O5S2. The Kier molecular flexibility index (Phi) is 7.16. The van der Waals surface area contributed by atoms with Gasteiger partial charge >= 0.3 is 0 Å². The van der Waals surface area contributed by atoms with Gasteiger partial charge in [0.15, 0.2) is 0 Å². The number of rotatable bonds is 7. The molecule has 8 nitrogen and oxygen atoms in total. The minimum Gasteiger partial charge on any atom is -0.277 e. The van der Waals surface area contributed by atoms with Gasteiger partial charge in [-0.25, -0.2) is 16.8 Å². The quantitative estimate of drug-likeness (QED) is 0.652. The minimum atomic E-state index is -3.72. The zero-order valence-electron chi connectivity index (χ0n) is 14.7. The summed E-state index contributed by atoms with van der Waals surface area (Å²) >= 11 is 0. The third-order valence-electron chi connectivity index (χ3n) is 4.27. The highest BCUT2D eigenvalue weighted by Gasteiger charge is 2.35. The molecule has 0 aliphatic carbocycles. The van der Waals surface area contributed by atoms with Crippen LogP contribution in [-0.2, 0) is 30.6 Å². The molecule has 146 valence electrons. The molecule has 1 aliphatic heterocycles. The van der Waals surface area contributed by atoms with Gasteiger partial charge in [0, 0.05) is 6.54 Å². The lowest BCUT2D eigenvalue weighted by Gasteiger charge is -2.28. The Morgan fingerprint density at radius 2 is 1.81 bits per heavy atom. The molecule has 1 unspecified atom stereocenters. The van der Waals surface area contributed by atoms with Crippen molar-refractivity contribution >= 4 is 26.0 Å². The summed E-state index contributed by atoms with van der Waals surface area (Å²) in [6, 6.07) is 7.84. The molecule has 1 fully saturated rings. The van der Waals surface area contributed by atoms with Crippen molar-refractivity contribution in [1.29, 1.82) is 0 Å². The molecular weight excluding hydrogens is 378 g/mol. The first-order valence-corrected chi connectivity index (χ1v) is 11.8. The Bertz CT molecular complexity index is 810. The highest BCUT2D eigenvalue weighted by atomic mass is 32.2. The van der Waals surface area contributed by atoms with Crippen LogP contribution < -0.4 is 10.3 Å². The van der Waals surface area contributed by atoms with E-state index in [4.69, 9.17) is 0 Å². The molecule has 0 radical (unpaired) electrons. The van der Waals surface area contributed by atoms with Crippen LogP contribution in [0.5, 0.6) is 0 Å². The second kappa shape index (κ2) is 8.94. The summed E-state index contributed by atoms with van der Waals surface area (Å²) in [4.78, 5) is 14.5. The molecule has 0 spiro atoms. The zero-order valence-corrected chi connectivity index (χ0v) is 16.4. The Labute approximate surface area is 155 Å². The average molecular weight is 404 g/mol. The van der Waals surface area contributed by atoms with E-state index < -0.39 is 32.0 Å². The number of hydrogen-bond acceptors (Lipinski definition) is 5. The van der Waals surface area contributed by atoms with Gasteiger partial charge < -0.3 is 0 Å². The predicted octanol–water partition coefficient (Wildman–Crippen LogP) is 0.732. The Morgan fingerprint density at radius 1 is 1.12 bits per heavy atom. The van der Waals surface area contributed by atoms with E-state index in [0.717, 1.165) is 6.42 Å². The van der Waals surface area contributed by atoms with E-state index >= 15 is 0 Å². The van der Waals surface area contributed by atoms with Gasteiger partial charge in [-0.15, -0.1) is 4.83 Å². The molecule has 1 aromatic carbocycles. The summed E-state index contributed by atoms with van der Waals surface area (Å²) in [6.45, 7) is 1.69. The number of amides is 1. The number of carbonyl (C=O) groups is 1. The third-order valence-corrected chi connectivity index (χ3v) is 7.29. The van der Waals surface area contributed by atoms with Gasteiger partial charge in [-0.05, 0) is 25.3 Å². The number of nitrogens with zero attached hydrogens (tertiary/aromatic N) is 1. The first-order chi connectivity index (χ1) is 12.2. The maximum absolute atomic E-state index is 12.9. The van der Waals surface area contributed by atoms with Crippen molar-refractivity contribution < 1.29 is 21.6 Å². The summed E-state index contributed by atoms with van der Waals surface area (Å²) in [5, 5.41) is 0. The van der Waals surface area contributed by atoms with Crippen molar-refractivity contribution in [2.75, 3.05) is 12.3 Å². The molecule has 2 rings (SSSR count). The van der Waals surface area contributed by atoms with Crippen LogP contribution in [0.25, 0.3) is 0 Å². The molecule has 26 heavy (non-hydrogen) atoms. The number of nitrogens with one attached hydrogen (secondary N) is 2. The van der Waals surface area contributed by atoms with Gasteiger partial charge in [-0.2, -0.15) is 4.31 Å². The second-order valence-corrected chi connectivity index (χ2v) is 10.1. The van der Waals surface area contributed by atoms with Crippen molar-refractivity contribution in [2.24, 2.45) is 0 Å². The van der Waals surface area contributed by atoms with Crippen LogP contribution in [0, 0.1) is 0 Å². The standard InChI is InChI=1S/C16H25N3O5S2/c1-2-25(21,22)18-17-16(20)15-11-7-4-8-12-19(15)26(23,24)13-14-9-5-3-6-10-14/h3,5-6,9-10,15,18H,2,4,7-8,11-13H2,1H3,(H,17,20). The Morgan fingerprint density at radius 3 is 2.46 bits per heavy atom. The Hall–Kier alpha value is -1.49. The number of benzene rings is 1. The zero-order chi connectivity index (χ0) is 19.2. The third kappa shape index (κ3) is 5.76. The fourth-order valence-electron chi connectivity index (χ4n) is 2.83. The van der Waals surface area contributed by atoms with Gasteiger partial charge in [-0.3, -0.25) is 10.2 Å². The Balaban J connectivity index is 2.18. The summed E-state index contributed by atoms with van der Waals surface area (Å²) < 4.78 is 50.0. The lowest BCUT2D eigenvalue weighted by Crippen LogP contribution is -2.53. The molecule has 1 aliphatic rings. The van der Waals surface area contributed by atoms with E-state index in [9.17, 15) is 21.6 Å². The van der Waals surface area contributed by atoms with Gasteiger partial charge in [0.05, 0.1) is 11.5 Å². The number of carbonyl (C=O) groups excluding carboxylic acids is 1. The van der Waals surface area contributed by atoms with Gasteiger partial charge in [-0.1, -0.05) is 43.2 Å². The highest BCUT2D eigenvalue weighted by molar-refractivity contribution is 7.89. The lowest BCUT2D eigenvalue weighted by molar-refractivity contribution is -0.125. The average Bonchev–Trinajstić information content (AvgIpc) is 2.87. The van der Waals surface area contributed by atoms with E-state index in [1.165, 1.54) is 11.2 Å². The van der Waals surface area contributed by atoms with Crippen LogP contribution in [0.4, 0.5) is 0 Å². The molecule has 1 heterocycles. The SMILES string of the molecule is CCS(=O)(=O)NNC(=O)C1CCCCCN1S(=O)(=O)Cc1ccccc1. The maximum Gasteiger partial charge on any atom is 0.253 e. The van der Waals surface area contributed by atoms with E-state index in [-0.39, 0.29) is 18.1 Å². The first-order valence-electron chi connectivity index (χ1n) is 8.58. The second-order valence-electron chi connectivity index (χ2n) is 6.21. The van der Waals surface area contributed by atoms with Crippen molar-refractivity contribution in [1.82, 2.24) is 14.6 Å². The summed E-state index contributed by atoms with van der Waals surface area (Å²) in [7, 11) is -7.33. The number of sulfonamides is 2. The van der Waals surface area contributed by atoms with Crippen molar-refractivity contribution in [3.05, 3.63) is 35.9 Å². The van der Waals surface area contributed by atoms with Crippen LogP contribution >= 0.6 is 0 Å². The molecule has 1 saturated heterocycles. The normalized spacial score (nSPS) is 19.7. The van der Waals surface area contributed by atoms with Crippen molar-refractivity contribution in [3.8, 4) is 0 Å². The smallest absolute Gasteiger partial charge is 0.253 e. The molecule has 1 atom stereocenters. The summed E-state index contributed by atoms with van der Waals surface area (Å²) in [5.74, 6) is -1.03. The molecule has 10 heteroatoms. The maximum atomic E-state index is 12.9. The fraction of sp³-hybridized carbons (Fsp3) is 0.562. The molecule has 1 aromatic rings. The van der Waals surface area contributed by atoms with Gasteiger partial charge in [0.25, 0.3) is 5.91 Å². The molecule has 0 bridgehead atoms. The summed E-state index contributed by atoms with van der Waals surface area (Å²) in [6.07, 6.45) is 2.55. The van der Waals surface area contributed by atoms with Gasteiger partial charge in [0.2, 0.25) is 20.0 Å². The van der Waals surface area contributed by atoms with Crippen LogP contribution in [0.1, 0.15) is 38.2 Å². The van der Waals surface area contributed by atoms with E-state index in [0.29, 0.717) is 24.8 Å². The lowest BCUT2D eigenvalue weighted by atomic mass is 10.1. The number of hydrazine groups is 1. The highest BCUT2D eigenvalue weighted by Crippen LogP contribution is 2.22. The van der Waals surface area contributed by atoms with E-state index in [1.54, 1.807) is 30.3 Å². The van der Waals surface area contributed by atoms with E-state index in [2.05, 4.69) is 5.43 Å². The molecule has 0 saturated carbocycles. The van der Waals surface area contributed by atoms with Crippen LogP contribution in [0.3, 0.4) is 0 Å². The minimum absolute atomic E-state index is 0.187. The largest absolute Gasteiger partial charge is 0.277 e.